The Kier molecular flexibility index (Phi) is 6.66. The van der Waals surface area contributed by atoms with Crippen LogP contribution >= 0.6 is 22.9 Å². The van der Waals surface area contributed by atoms with Gasteiger partial charge in [0, 0.05) is 15.6 Å². The lowest BCUT2D eigenvalue weighted by Gasteiger charge is -2.05. The van der Waals surface area contributed by atoms with Gasteiger partial charge in [0.2, 0.25) is 0 Å². The topological polar surface area (TPSA) is 77.0 Å². The first kappa shape index (κ1) is 23.5. The average molecular weight is 515 g/mol. The Hall–Kier alpha value is -4.20. The molecule has 1 aromatic heterocycles. The lowest BCUT2D eigenvalue weighted by atomic mass is 10.0. The number of fused-ring (bicyclic) bond motifs is 2. The van der Waals surface area contributed by atoms with Gasteiger partial charge in [0.05, 0.1) is 18.3 Å². The summed E-state index contributed by atoms with van der Waals surface area (Å²) in [5, 5.41) is 7.02. The van der Waals surface area contributed by atoms with Crippen LogP contribution < -0.4 is 14.9 Å². The summed E-state index contributed by atoms with van der Waals surface area (Å²) in [4.78, 5) is 25.6. The van der Waals surface area contributed by atoms with E-state index in [1.165, 1.54) is 17.6 Å². The highest BCUT2D eigenvalue weighted by Crippen LogP contribution is 2.37. The summed E-state index contributed by atoms with van der Waals surface area (Å²) in [5.41, 5.74) is 3.83. The minimum Gasteiger partial charge on any atom is -0.497 e. The number of rotatable bonds is 6. The molecule has 5 rings (SSSR count). The van der Waals surface area contributed by atoms with Gasteiger partial charge in [-0.3, -0.25) is 4.79 Å². The van der Waals surface area contributed by atoms with Crippen LogP contribution in [0.3, 0.4) is 0 Å². The zero-order chi connectivity index (χ0) is 25.1. The van der Waals surface area contributed by atoms with E-state index in [1.807, 2.05) is 48.5 Å². The van der Waals surface area contributed by atoms with E-state index in [4.69, 9.17) is 21.1 Å². The second-order valence-electron chi connectivity index (χ2n) is 7.79. The van der Waals surface area contributed by atoms with Crippen molar-refractivity contribution in [3.63, 3.8) is 0 Å². The van der Waals surface area contributed by atoms with Gasteiger partial charge in [-0.1, -0.05) is 48.0 Å². The molecule has 1 amide bonds. The van der Waals surface area contributed by atoms with E-state index >= 15 is 0 Å². The zero-order valence-electron chi connectivity index (χ0n) is 19.0. The van der Waals surface area contributed by atoms with Crippen molar-refractivity contribution < 1.29 is 19.1 Å². The number of ether oxygens (including phenoxy) is 2. The van der Waals surface area contributed by atoms with Gasteiger partial charge in [-0.05, 0) is 64.9 Å². The van der Waals surface area contributed by atoms with Crippen molar-refractivity contribution in [2.75, 3.05) is 7.11 Å². The second kappa shape index (κ2) is 10.2. The number of hydrazone groups is 1. The number of esters is 1. The molecule has 5 aromatic rings. The van der Waals surface area contributed by atoms with Crippen LogP contribution in [0.1, 0.15) is 25.6 Å². The number of halogens is 1. The molecule has 1 heterocycles. The molecule has 4 aromatic carbocycles. The van der Waals surface area contributed by atoms with Crippen molar-refractivity contribution in [2.24, 2.45) is 5.10 Å². The van der Waals surface area contributed by atoms with Crippen molar-refractivity contribution in [1.29, 1.82) is 0 Å². The number of hydrogen-bond acceptors (Lipinski definition) is 6. The molecule has 0 saturated carbocycles. The highest BCUT2D eigenvalue weighted by atomic mass is 35.5. The molecule has 178 valence electrons. The molecule has 0 aliphatic rings. The summed E-state index contributed by atoms with van der Waals surface area (Å²) in [6.45, 7) is 0. The Labute approximate surface area is 215 Å². The van der Waals surface area contributed by atoms with E-state index < -0.39 is 5.97 Å². The number of nitrogens with one attached hydrogen (secondary N) is 1. The van der Waals surface area contributed by atoms with Gasteiger partial charge in [-0.15, -0.1) is 11.3 Å². The van der Waals surface area contributed by atoms with Crippen LogP contribution in [0, 0.1) is 0 Å². The van der Waals surface area contributed by atoms with Gasteiger partial charge in [0.25, 0.3) is 5.91 Å². The highest BCUT2D eigenvalue weighted by Gasteiger charge is 2.19. The van der Waals surface area contributed by atoms with E-state index in [0.717, 1.165) is 26.4 Å². The zero-order valence-corrected chi connectivity index (χ0v) is 20.6. The maximum atomic E-state index is 12.7. The molecule has 8 heteroatoms. The molecule has 0 radical (unpaired) electrons. The van der Waals surface area contributed by atoms with Gasteiger partial charge in [-0.2, -0.15) is 5.10 Å². The SMILES string of the molecule is COc1ccc2c(Cl)c(C(=O)Oc3ccc(C=NNC(=O)c4cccc5ccccc45)cc3)sc2c1. The number of thiophene rings is 1. The molecule has 0 spiro atoms. The number of hydrogen-bond donors (Lipinski definition) is 1. The Morgan fingerprint density at radius 3 is 2.47 bits per heavy atom. The third kappa shape index (κ3) is 4.79. The van der Waals surface area contributed by atoms with Crippen molar-refractivity contribution >= 4 is 61.9 Å². The molecule has 0 aliphatic carbocycles. The van der Waals surface area contributed by atoms with Crippen LogP contribution in [0.25, 0.3) is 20.9 Å². The van der Waals surface area contributed by atoms with Crippen LogP contribution in [-0.2, 0) is 0 Å². The first-order valence-electron chi connectivity index (χ1n) is 10.9. The standard InChI is InChI=1S/C28H19ClN2O4S/c1-34-20-13-14-23-24(15-20)36-26(25(23)29)28(33)35-19-11-9-17(10-12-19)16-30-31-27(32)22-8-4-6-18-5-2-3-7-21(18)22/h2-16H,1H3,(H,31,32). The molecule has 0 bridgehead atoms. The van der Waals surface area contributed by atoms with Gasteiger partial charge in [0.1, 0.15) is 16.4 Å². The Morgan fingerprint density at radius 2 is 1.67 bits per heavy atom. The molecule has 0 saturated heterocycles. The second-order valence-corrected chi connectivity index (χ2v) is 9.22. The average Bonchev–Trinajstić information content (AvgIpc) is 3.24. The van der Waals surface area contributed by atoms with E-state index in [9.17, 15) is 9.59 Å². The number of methoxy groups -OCH3 is 1. The molecule has 36 heavy (non-hydrogen) atoms. The molecule has 0 aliphatic heterocycles. The van der Waals surface area contributed by atoms with Crippen LogP contribution in [0.4, 0.5) is 0 Å². The third-order valence-electron chi connectivity index (χ3n) is 5.53. The molecular weight excluding hydrogens is 496 g/mol. The molecule has 0 atom stereocenters. The smallest absolute Gasteiger partial charge is 0.355 e. The van der Waals surface area contributed by atoms with Gasteiger partial charge >= 0.3 is 5.97 Å². The van der Waals surface area contributed by atoms with E-state index in [1.54, 1.807) is 43.5 Å². The monoisotopic (exact) mass is 514 g/mol. The molecule has 6 nitrogen and oxygen atoms in total. The van der Waals surface area contributed by atoms with Crippen molar-refractivity contribution in [3.05, 3.63) is 106 Å². The summed E-state index contributed by atoms with van der Waals surface area (Å²) in [5.74, 6) is 0.212. The number of benzene rings is 4. The fourth-order valence-corrected chi connectivity index (χ4v) is 5.14. The summed E-state index contributed by atoms with van der Waals surface area (Å²) in [6, 6.07) is 25.4. The molecule has 1 N–H and O–H groups in total. The van der Waals surface area contributed by atoms with Crippen LogP contribution in [0.5, 0.6) is 11.5 Å². The minimum absolute atomic E-state index is 0.300. The lowest BCUT2D eigenvalue weighted by molar-refractivity contribution is 0.0739. The Morgan fingerprint density at radius 1 is 0.917 bits per heavy atom. The first-order valence-corrected chi connectivity index (χ1v) is 12.1. The van der Waals surface area contributed by atoms with E-state index in [-0.39, 0.29) is 5.91 Å². The van der Waals surface area contributed by atoms with E-state index in [0.29, 0.717) is 27.0 Å². The summed E-state index contributed by atoms with van der Waals surface area (Å²) in [6.07, 6.45) is 1.52. The summed E-state index contributed by atoms with van der Waals surface area (Å²) >= 11 is 7.66. The van der Waals surface area contributed by atoms with Crippen LogP contribution in [0.15, 0.2) is 90.0 Å². The van der Waals surface area contributed by atoms with E-state index in [2.05, 4.69) is 10.5 Å². The van der Waals surface area contributed by atoms with Crippen LogP contribution in [-0.4, -0.2) is 25.2 Å². The predicted molar refractivity (Wildman–Crippen MR) is 144 cm³/mol. The minimum atomic E-state index is -0.538. The predicted octanol–water partition coefficient (Wildman–Crippen LogP) is 6.70. The number of carbonyl (C=O) groups is 2. The third-order valence-corrected chi connectivity index (χ3v) is 7.16. The first-order chi connectivity index (χ1) is 17.5. The number of carbonyl (C=O) groups excluding carboxylic acids is 2. The quantitative estimate of drug-likeness (QED) is 0.118. The molecule has 0 fully saturated rings. The highest BCUT2D eigenvalue weighted by molar-refractivity contribution is 7.21. The maximum Gasteiger partial charge on any atom is 0.355 e. The van der Waals surface area contributed by atoms with Gasteiger partial charge in [0.15, 0.2) is 0 Å². The van der Waals surface area contributed by atoms with Crippen LogP contribution in [0.2, 0.25) is 5.02 Å². The fraction of sp³-hybridized carbons (Fsp3) is 0.0357. The maximum absolute atomic E-state index is 12.7. The van der Waals surface area contributed by atoms with Gasteiger partial charge in [-0.25, -0.2) is 10.2 Å². The van der Waals surface area contributed by atoms with Crippen molar-refractivity contribution in [2.45, 2.75) is 0 Å². The fourth-order valence-electron chi connectivity index (χ4n) is 3.73. The molecule has 0 unspecified atom stereocenters. The van der Waals surface area contributed by atoms with Crippen molar-refractivity contribution in [1.82, 2.24) is 5.43 Å². The van der Waals surface area contributed by atoms with Gasteiger partial charge < -0.3 is 9.47 Å². The lowest BCUT2D eigenvalue weighted by Crippen LogP contribution is -2.17. The summed E-state index contributed by atoms with van der Waals surface area (Å²) < 4.78 is 11.6. The summed E-state index contributed by atoms with van der Waals surface area (Å²) in [7, 11) is 1.58. The largest absolute Gasteiger partial charge is 0.497 e. The normalized spacial score (nSPS) is 11.2. The Balaban J connectivity index is 1.24. The molecular formula is C28H19ClN2O4S. The Bertz CT molecular complexity index is 1620. The number of amides is 1. The number of nitrogens with zero attached hydrogens (tertiary/aromatic N) is 1. The van der Waals surface area contributed by atoms with Crippen molar-refractivity contribution in [3.8, 4) is 11.5 Å².